The Bertz CT molecular complexity index is 846. The third-order valence-electron chi connectivity index (χ3n) is 5.06. The number of nitrogens with one attached hydrogen (secondary N) is 1. The van der Waals surface area contributed by atoms with Crippen LogP contribution < -0.4 is 5.32 Å². The first kappa shape index (κ1) is 25.2. The molecule has 2 aromatic rings. The highest BCUT2D eigenvalue weighted by atomic mass is 35.5. The Morgan fingerprint density at radius 3 is 2.23 bits per heavy atom. The average Bonchev–Trinajstić information content (AvgIpc) is 2.76. The van der Waals surface area contributed by atoms with Crippen molar-refractivity contribution in [1.29, 1.82) is 0 Å². The molecule has 168 valence electrons. The van der Waals surface area contributed by atoms with E-state index in [4.69, 9.17) is 11.6 Å². The molecule has 0 aliphatic rings. The second kappa shape index (κ2) is 12.7. The van der Waals surface area contributed by atoms with E-state index in [9.17, 15) is 14.0 Å². The summed E-state index contributed by atoms with van der Waals surface area (Å²) in [7, 11) is 0. The maximum atomic E-state index is 13.2. The maximum Gasteiger partial charge on any atom is 0.243 e. The quantitative estimate of drug-likeness (QED) is 0.482. The maximum absolute atomic E-state index is 13.2. The van der Waals surface area contributed by atoms with Gasteiger partial charge >= 0.3 is 0 Å². The summed E-state index contributed by atoms with van der Waals surface area (Å²) in [6.07, 6.45) is 1.34. The highest BCUT2D eigenvalue weighted by Crippen LogP contribution is 2.19. The first-order chi connectivity index (χ1) is 14.8. The number of carbonyl (C=O) groups is 2. The minimum absolute atomic E-state index is 0.0434. The van der Waals surface area contributed by atoms with Crippen molar-refractivity contribution in [3.63, 3.8) is 0 Å². The molecule has 1 N–H and O–H groups in total. The van der Waals surface area contributed by atoms with Crippen molar-refractivity contribution in [3.05, 3.63) is 70.5 Å². The van der Waals surface area contributed by atoms with Crippen molar-refractivity contribution in [2.75, 3.05) is 5.75 Å². The van der Waals surface area contributed by atoms with Gasteiger partial charge in [-0.15, -0.1) is 11.8 Å². The van der Waals surface area contributed by atoms with Gasteiger partial charge in [-0.3, -0.25) is 9.59 Å². The van der Waals surface area contributed by atoms with Crippen LogP contribution in [0.5, 0.6) is 0 Å². The van der Waals surface area contributed by atoms with E-state index in [1.807, 2.05) is 32.9 Å². The fourth-order valence-corrected chi connectivity index (χ4v) is 4.06. The van der Waals surface area contributed by atoms with Gasteiger partial charge in [-0.05, 0) is 55.2 Å². The lowest BCUT2D eigenvalue weighted by Crippen LogP contribution is -2.51. The number of benzene rings is 2. The Kier molecular flexibility index (Phi) is 10.3. The molecule has 2 rings (SSSR count). The van der Waals surface area contributed by atoms with E-state index < -0.39 is 6.04 Å². The van der Waals surface area contributed by atoms with Crippen LogP contribution in [0.25, 0.3) is 0 Å². The van der Waals surface area contributed by atoms with Crippen LogP contribution in [0.4, 0.5) is 4.39 Å². The fourth-order valence-electron chi connectivity index (χ4n) is 3.07. The number of hydrogen-bond donors (Lipinski definition) is 1. The van der Waals surface area contributed by atoms with E-state index in [1.165, 1.54) is 23.9 Å². The second-order valence-electron chi connectivity index (χ2n) is 7.51. The third kappa shape index (κ3) is 8.19. The van der Waals surface area contributed by atoms with E-state index >= 15 is 0 Å². The Labute approximate surface area is 193 Å². The van der Waals surface area contributed by atoms with Gasteiger partial charge in [-0.25, -0.2) is 4.39 Å². The molecule has 0 aromatic heterocycles. The largest absolute Gasteiger partial charge is 0.352 e. The summed E-state index contributed by atoms with van der Waals surface area (Å²) >= 11 is 7.44. The number of nitrogens with zero attached hydrogens (tertiary/aromatic N) is 1. The molecule has 2 aromatic carbocycles. The van der Waals surface area contributed by atoms with Crippen molar-refractivity contribution in [2.45, 2.75) is 58.0 Å². The van der Waals surface area contributed by atoms with E-state index in [2.05, 4.69) is 5.32 Å². The molecule has 0 heterocycles. The van der Waals surface area contributed by atoms with Crippen molar-refractivity contribution in [2.24, 2.45) is 0 Å². The lowest BCUT2D eigenvalue weighted by Gasteiger charge is -2.31. The van der Waals surface area contributed by atoms with Crippen LogP contribution in [0, 0.1) is 5.82 Å². The first-order valence-corrected chi connectivity index (χ1v) is 12.0. The first-order valence-electron chi connectivity index (χ1n) is 10.5. The van der Waals surface area contributed by atoms with Gasteiger partial charge in [0.1, 0.15) is 11.9 Å². The summed E-state index contributed by atoms with van der Waals surface area (Å²) in [6.45, 7) is 6.21. The summed E-state index contributed by atoms with van der Waals surface area (Å²) in [6, 6.07) is 13.0. The molecule has 31 heavy (non-hydrogen) atoms. The number of rotatable bonds is 11. The Balaban J connectivity index is 2.12. The smallest absolute Gasteiger partial charge is 0.243 e. The summed E-state index contributed by atoms with van der Waals surface area (Å²) in [5.41, 5.74) is 1.86. The van der Waals surface area contributed by atoms with Crippen LogP contribution in [-0.2, 0) is 21.9 Å². The Morgan fingerprint density at radius 1 is 1.03 bits per heavy atom. The molecule has 0 fully saturated rings. The molecule has 4 nitrogen and oxygen atoms in total. The van der Waals surface area contributed by atoms with Gasteiger partial charge in [-0.1, -0.05) is 49.7 Å². The van der Waals surface area contributed by atoms with Crippen molar-refractivity contribution in [1.82, 2.24) is 10.2 Å². The van der Waals surface area contributed by atoms with Gasteiger partial charge in [-0.2, -0.15) is 0 Å². The van der Waals surface area contributed by atoms with Crippen molar-refractivity contribution in [3.8, 4) is 0 Å². The number of thioether (sulfide) groups is 1. The highest BCUT2D eigenvalue weighted by molar-refractivity contribution is 7.99. The van der Waals surface area contributed by atoms with E-state index in [1.54, 1.807) is 29.2 Å². The van der Waals surface area contributed by atoms with Crippen LogP contribution in [0.15, 0.2) is 48.5 Å². The lowest BCUT2D eigenvalue weighted by atomic mass is 10.1. The Morgan fingerprint density at radius 2 is 1.65 bits per heavy atom. The number of halogens is 2. The standard InChI is InChI=1S/C24H30ClFN2O2S/c1-4-17(3)27-24(30)22(5-2)28(14-18-6-10-20(25)11-7-18)23(29)16-31-15-19-8-12-21(26)13-9-19/h6-13,17,22H,4-5,14-16H2,1-3H3,(H,27,30)/t17-,22+/m1/s1. The number of carbonyl (C=O) groups excluding carboxylic acids is 2. The molecule has 2 amide bonds. The van der Waals surface area contributed by atoms with Gasteiger partial charge in [0.25, 0.3) is 0 Å². The van der Waals surface area contributed by atoms with Crippen LogP contribution in [-0.4, -0.2) is 34.6 Å². The third-order valence-corrected chi connectivity index (χ3v) is 6.30. The number of amides is 2. The molecule has 0 saturated carbocycles. The summed E-state index contributed by atoms with van der Waals surface area (Å²) < 4.78 is 13.1. The van der Waals surface area contributed by atoms with Crippen LogP contribution in [0.1, 0.15) is 44.7 Å². The molecule has 7 heteroatoms. The van der Waals surface area contributed by atoms with Gasteiger partial charge in [0.15, 0.2) is 0 Å². The fraction of sp³-hybridized carbons (Fsp3) is 0.417. The van der Waals surface area contributed by atoms with E-state index in [-0.39, 0.29) is 29.4 Å². The molecule has 0 radical (unpaired) electrons. The second-order valence-corrected chi connectivity index (χ2v) is 8.93. The normalized spacial score (nSPS) is 12.8. The molecule has 0 unspecified atom stereocenters. The predicted octanol–water partition coefficient (Wildman–Crippen LogP) is 5.43. The Hall–Kier alpha value is -2.05. The minimum atomic E-state index is -0.552. The van der Waals surface area contributed by atoms with Crippen molar-refractivity contribution < 1.29 is 14.0 Å². The molecule has 0 bridgehead atoms. The molecular weight excluding hydrogens is 435 g/mol. The minimum Gasteiger partial charge on any atom is -0.352 e. The molecule has 0 aliphatic heterocycles. The molecule has 0 aliphatic carbocycles. The van der Waals surface area contributed by atoms with Gasteiger partial charge in [0.05, 0.1) is 5.75 Å². The van der Waals surface area contributed by atoms with Gasteiger partial charge in [0.2, 0.25) is 11.8 Å². The topological polar surface area (TPSA) is 49.4 Å². The summed E-state index contributed by atoms with van der Waals surface area (Å²) in [5.74, 6) is 0.308. The lowest BCUT2D eigenvalue weighted by molar-refractivity contribution is -0.139. The van der Waals surface area contributed by atoms with Crippen LogP contribution in [0.2, 0.25) is 5.02 Å². The zero-order chi connectivity index (χ0) is 22.8. The van der Waals surface area contributed by atoms with Gasteiger partial charge in [0, 0.05) is 23.4 Å². The summed E-state index contributed by atoms with van der Waals surface area (Å²) in [5, 5.41) is 3.62. The SMILES string of the molecule is CC[C@@H](C)NC(=O)[C@H](CC)N(Cc1ccc(Cl)cc1)C(=O)CSCc1ccc(F)cc1. The predicted molar refractivity (Wildman–Crippen MR) is 127 cm³/mol. The van der Waals surface area contributed by atoms with Gasteiger partial charge < -0.3 is 10.2 Å². The van der Waals surface area contributed by atoms with E-state index in [0.29, 0.717) is 23.7 Å². The number of hydrogen-bond acceptors (Lipinski definition) is 3. The molecule has 2 atom stereocenters. The van der Waals surface area contributed by atoms with E-state index in [0.717, 1.165) is 17.5 Å². The zero-order valence-corrected chi connectivity index (χ0v) is 19.8. The average molecular weight is 465 g/mol. The monoisotopic (exact) mass is 464 g/mol. The van der Waals surface area contributed by atoms with Crippen molar-refractivity contribution >= 4 is 35.2 Å². The zero-order valence-electron chi connectivity index (χ0n) is 18.2. The molecular formula is C24H30ClFN2O2S. The summed E-state index contributed by atoms with van der Waals surface area (Å²) in [4.78, 5) is 27.7. The highest BCUT2D eigenvalue weighted by Gasteiger charge is 2.29. The van der Waals surface area contributed by atoms with Crippen LogP contribution >= 0.6 is 23.4 Å². The molecule has 0 saturated heterocycles. The molecule has 0 spiro atoms. The van der Waals surface area contributed by atoms with Crippen LogP contribution in [0.3, 0.4) is 0 Å².